The highest BCUT2D eigenvalue weighted by molar-refractivity contribution is 6.04. The van der Waals surface area contributed by atoms with Crippen molar-refractivity contribution in [2.24, 2.45) is 0 Å². The second-order valence-electron chi connectivity index (χ2n) is 5.90. The summed E-state index contributed by atoms with van der Waals surface area (Å²) in [6, 6.07) is 22.9. The number of hydrogen-bond donors (Lipinski definition) is 1. The number of carbonyl (C=O) groups excluding carboxylic acids is 1. The second-order valence-corrected chi connectivity index (χ2v) is 5.90. The first kappa shape index (κ1) is 16.8. The molecule has 0 aliphatic carbocycles. The van der Waals surface area contributed by atoms with Crippen LogP contribution in [0.3, 0.4) is 0 Å². The minimum atomic E-state index is -0.122. The highest BCUT2D eigenvalue weighted by atomic mass is 16.5. The smallest absolute Gasteiger partial charge is 0.255 e. The molecular weight excluding hydrogens is 310 g/mol. The van der Waals surface area contributed by atoms with Crippen molar-refractivity contribution in [2.45, 2.75) is 20.3 Å². The molecule has 1 N–H and O–H groups in total. The van der Waals surface area contributed by atoms with Crippen LogP contribution in [-0.4, -0.2) is 5.91 Å². The molecule has 0 saturated carbocycles. The van der Waals surface area contributed by atoms with Crippen LogP contribution in [0.25, 0.3) is 0 Å². The minimum Gasteiger partial charge on any atom is -0.457 e. The van der Waals surface area contributed by atoms with Crippen LogP contribution in [0.15, 0.2) is 72.8 Å². The van der Waals surface area contributed by atoms with E-state index in [1.54, 1.807) is 24.3 Å². The van der Waals surface area contributed by atoms with Crippen LogP contribution in [0.1, 0.15) is 28.4 Å². The van der Waals surface area contributed by atoms with Gasteiger partial charge >= 0.3 is 0 Å². The van der Waals surface area contributed by atoms with E-state index in [-0.39, 0.29) is 5.91 Å². The summed E-state index contributed by atoms with van der Waals surface area (Å²) in [6.45, 7) is 4.11. The van der Waals surface area contributed by atoms with Gasteiger partial charge in [-0.3, -0.25) is 4.79 Å². The van der Waals surface area contributed by atoms with Gasteiger partial charge in [0, 0.05) is 11.3 Å². The van der Waals surface area contributed by atoms with Crippen molar-refractivity contribution in [2.75, 3.05) is 5.32 Å². The Kier molecular flexibility index (Phi) is 5.14. The van der Waals surface area contributed by atoms with Gasteiger partial charge in [-0.2, -0.15) is 0 Å². The summed E-state index contributed by atoms with van der Waals surface area (Å²) in [5, 5.41) is 2.97. The fourth-order valence-corrected chi connectivity index (χ4v) is 2.56. The number of para-hydroxylation sites is 1. The van der Waals surface area contributed by atoms with Crippen LogP contribution in [0, 0.1) is 6.92 Å². The highest BCUT2D eigenvalue weighted by Gasteiger charge is 2.08. The Hall–Kier alpha value is -3.07. The maximum absolute atomic E-state index is 12.4. The van der Waals surface area contributed by atoms with E-state index >= 15 is 0 Å². The van der Waals surface area contributed by atoms with Crippen LogP contribution < -0.4 is 10.1 Å². The Labute approximate surface area is 148 Å². The molecule has 3 aromatic carbocycles. The topological polar surface area (TPSA) is 38.3 Å². The first-order chi connectivity index (χ1) is 12.2. The van der Waals surface area contributed by atoms with Gasteiger partial charge in [0.15, 0.2) is 0 Å². The van der Waals surface area contributed by atoms with Gasteiger partial charge in [-0.1, -0.05) is 42.8 Å². The van der Waals surface area contributed by atoms with Gasteiger partial charge in [0.25, 0.3) is 5.91 Å². The summed E-state index contributed by atoms with van der Waals surface area (Å²) >= 11 is 0. The average Bonchev–Trinajstić information content (AvgIpc) is 2.64. The quantitative estimate of drug-likeness (QED) is 0.660. The second kappa shape index (κ2) is 7.67. The number of hydrogen-bond acceptors (Lipinski definition) is 2. The Morgan fingerprint density at radius 2 is 1.48 bits per heavy atom. The van der Waals surface area contributed by atoms with Crippen molar-refractivity contribution in [1.29, 1.82) is 0 Å². The molecule has 3 rings (SSSR count). The number of aryl methyl sites for hydroxylation is 2. The summed E-state index contributed by atoms with van der Waals surface area (Å²) in [5.74, 6) is 1.36. The SMILES string of the molecule is CCc1ccccc1NC(=O)c1ccc(Oc2ccc(C)cc2)cc1. The van der Waals surface area contributed by atoms with Crippen LogP contribution in [-0.2, 0) is 6.42 Å². The van der Waals surface area contributed by atoms with Crippen LogP contribution in [0.5, 0.6) is 11.5 Å². The summed E-state index contributed by atoms with van der Waals surface area (Å²) in [7, 11) is 0. The molecule has 25 heavy (non-hydrogen) atoms. The number of ether oxygens (including phenoxy) is 1. The third-order valence-corrected chi connectivity index (χ3v) is 4.02. The van der Waals surface area contributed by atoms with Crippen molar-refractivity contribution in [3.8, 4) is 11.5 Å². The van der Waals surface area contributed by atoms with Gasteiger partial charge in [0.05, 0.1) is 0 Å². The average molecular weight is 331 g/mol. The van der Waals surface area contributed by atoms with E-state index in [2.05, 4.69) is 12.2 Å². The zero-order chi connectivity index (χ0) is 17.6. The standard InChI is InChI=1S/C22H21NO2/c1-3-17-6-4-5-7-21(17)23-22(24)18-10-14-20(15-11-18)25-19-12-8-16(2)9-13-19/h4-15H,3H2,1-2H3,(H,23,24). The fourth-order valence-electron chi connectivity index (χ4n) is 2.56. The molecule has 0 aliphatic heterocycles. The lowest BCUT2D eigenvalue weighted by Crippen LogP contribution is -2.13. The summed E-state index contributed by atoms with van der Waals surface area (Å²) in [6.07, 6.45) is 0.875. The molecule has 0 aliphatic rings. The number of amides is 1. The normalized spacial score (nSPS) is 10.3. The summed E-state index contributed by atoms with van der Waals surface area (Å²) in [5.41, 5.74) is 3.76. The summed E-state index contributed by atoms with van der Waals surface area (Å²) in [4.78, 5) is 12.4. The molecule has 1 amide bonds. The highest BCUT2D eigenvalue weighted by Crippen LogP contribution is 2.23. The molecule has 3 heteroatoms. The molecule has 0 fully saturated rings. The molecule has 0 unspecified atom stereocenters. The predicted octanol–water partition coefficient (Wildman–Crippen LogP) is 5.60. The van der Waals surface area contributed by atoms with Gasteiger partial charge in [0.2, 0.25) is 0 Å². The molecule has 0 spiro atoms. The van der Waals surface area contributed by atoms with E-state index in [1.807, 2.05) is 55.5 Å². The minimum absolute atomic E-state index is 0.122. The van der Waals surface area contributed by atoms with E-state index in [4.69, 9.17) is 4.74 Å². The first-order valence-electron chi connectivity index (χ1n) is 8.39. The number of nitrogens with one attached hydrogen (secondary N) is 1. The molecule has 0 aromatic heterocycles. The molecule has 0 heterocycles. The molecule has 0 atom stereocenters. The number of anilines is 1. The van der Waals surface area contributed by atoms with E-state index in [0.29, 0.717) is 11.3 Å². The maximum atomic E-state index is 12.4. The Morgan fingerprint density at radius 3 is 2.12 bits per heavy atom. The molecule has 0 bridgehead atoms. The molecule has 0 radical (unpaired) electrons. The maximum Gasteiger partial charge on any atom is 0.255 e. The largest absolute Gasteiger partial charge is 0.457 e. The Bertz CT molecular complexity index is 852. The van der Waals surface area contributed by atoms with Crippen molar-refractivity contribution >= 4 is 11.6 Å². The van der Waals surface area contributed by atoms with Crippen molar-refractivity contribution in [1.82, 2.24) is 0 Å². The van der Waals surface area contributed by atoms with Gasteiger partial charge in [-0.15, -0.1) is 0 Å². The Morgan fingerprint density at radius 1 is 0.880 bits per heavy atom. The van der Waals surface area contributed by atoms with Crippen molar-refractivity contribution in [3.05, 3.63) is 89.5 Å². The molecular formula is C22H21NO2. The molecule has 0 saturated heterocycles. The molecule has 3 aromatic rings. The van der Waals surface area contributed by atoms with E-state index < -0.39 is 0 Å². The lowest BCUT2D eigenvalue weighted by Gasteiger charge is -2.10. The van der Waals surface area contributed by atoms with E-state index in [0.717, 1.165) is 23.4 Å². The fraction of sp³-hybridized carbons (Fsp3) is 0.136. The van der Waals surface area contributed by atoms with Crippen LogP contribution >= 0.6 is 0 Å². The number of carbonyl (C=O) groups is 1. The van der Waals surface area contributed by atoms with Gasteiger partial charge in [-0.25, -0.2) is 0 Å². The van der Waals surface area contributed by atoms with Gasteiger partial charge in [-0.05, 0) is 61.4 Å². The van der Waals surface area contributed by atoms with Crippen LogP contribution in [0.4, 0.5) is 5.69 Å². The number of rotatable bonds is 5. The van der Waals surface area contributed by atoms with Gasteiger partial charge < -0.3 is 10.1 Å². The van der Waals surface area contributed by atoms with E-state index in [1.165, 1.54) is 5.56 Å². The zero-order valence-electron chi connectivity index (χ0n) is 14.5. The monoisotopic (exact) mass is 331 g/mol. The van der Waals surface area contributed by atoms with Gasteiger partial charge in [0.1, 0.15) is 11.5 Å². The first-order valence-corrected chi connectivity index (χ1v) is 8.39. The molecule has 126 valence electrons. The Balaban J connectivity index is 1.69. The lowest BCUT2D eigenvalue weighted by atomic mass is 10.1. The third kappa shape index (κ3) is 4.27. The van der Waals surface area contributed by atoms with Crippen LogP contribution in [0.2, 0.25) is 0 Å². The predicted molar refractivity (Wildman–Crippen MR) is 101 cm³/mol. The lowest BCUT2D eigenvalue weighted by molar-refractivity contribution is 0.102. The number of benzene rings is 3. The molecule has 3 nitrogen and oxygen atoms in total. The third-order valence-electron chi connectivity index (χ3n) is 4.02. The van der Waals surface area contributed by atoms with Crippen molar-refractivity contribution < 1.29 is 9.53 Å². The zero-order valence-corrected chi connectivity index (χ0v) is 14.5. The van der Waals surface area contributed by atoms with E-state index in [9.17, 15) is 4.79 Å². The van der Waals surface area contributed by atoms with Crippen molar-refractivity contribution in [3.63, 3.8) is 0 Å². The summed E-state index contributed by atoms with van der Waals surface area (Å²) < 4.78 is 5.79.